The van der Waals surface area contributed by atoms with E-state index in [1.165, 1.54) is 4.57 Å². The highest BCUT2D eigenvalue weighted by Gasteiger charge is 2.10. The highest BCUT2D eigenvalue weighted by molar-refractivity contribution is 7.71. The quantitative estimate of drug-likeness (QED) is 0.574. The summed E-state index contributed by atoms with van der Waals surface area (Å²) in [6.45, 7) is 1.45. The number of rotatable bonds is 0. The minimum Gasteiger partial charge on any atom is -0.308 e. The van der Waals surface area contributed by atoms with Crippen LogP contribution in [0.25, 0.3) is 0 Å². The van der Waals surface area contributed by atoms with Crippen LogP contribution in [0.2, 0.25) is 0 Å². The molecule has 1 aliphatic heterocycles. The lowest BCUT2D eigenvalue weighted by Crippen LogP contribution is -2.21. The average molecular weight is 183 g/mol. The van der Waals surface area contributed by atoms with Crippen molar-refractivity contribution in [2.75, 3.05) is 0 Å². The van der Waals surface area contributed by atoms with Crippen molar-refractivity contribution in [3.05, 3.63) is 26.9 Å². The van der Waals surface area contributed by atoms with E-state index in [0.717, 1.165) is 12.2 Å². The number of hydrogen-bond acceptors (Lipinski definition) is 3. The molecule has 5 heteroatoms. The Labute approximate surface area is 74.4 Å². The second-order valence-corrected chi connectivity index (χ2v) is 3.19. The Balaban J connectivity index is 2.85. The van der Waals surface area contributed by atoms with Gasteiger partial charge in [-0.25, -0.2) is 0 Å². The topological polar surface area (TPSA) is 39.0 Å². The molecule has 0 amide bonds. The van der Waals surface area contributed by atoms with Crippen molar-refractivity contribution in [3.8, 4) is 0 Å². The van der Waals surface area contributed by atoms with Gasteiger partial charge in [-0.3, -0.25) is 14.7 Å². The highest BCUT2D eigenvalue weighted by atomic mass is 32.1. The maximum atomic E-state index is 11.3. The van der Waals surface area contributed by atoms with E-state index >= 15 is 0 Å². The fraction of sp³-hybridized carbons (Fsp3) is 0.429. The molecule has 1 aromatic rings. The van der Waals surface area contributed by atoms with Crippen LogP contribution in [-0.4, -0.2) is 9.13 Å². The summed E-state index contributed by atoms with van der Waals surface area (Å²) in [5.74, 6) is 0. The van der Waals surface area contributed by atoms with Crippen LogP contribution in [0.3, 0.4) is 0 Å². The number of nitrogens with zero attached hydrogens (tertiary/aromatic N) is 2. The summed E-state index contributed by atoms with van der Waals surface area (Å²) in [5, 5.41) is 3.13. The summed E-state index contributed by atoms with van der Waals surface area (Å²) in [6.07, 6.45) is 0. The first-order chi connectivity index (χ1) is 5.70. The first kappa shape index (κ1) is 7.70. The van der Waals surface area contributed by atoms with Crippen molar-refractivity contribution < 1.29 is 0 Å². The second-order valence-electron chi connectivity index (χ2n) is 2.83. The van der Waals surface area contributed by atoms with Crippen LogP contribution < -0.4 is 10.9 Å². The maximum Gasteiger partial charge on any atom is 0.254 e. The van der Waals surface area contributed by atoms with Gasteiger partial charge in [-0.05, 0) is 12.2 Å². The molecule has 4 nitrogen and oxygen atoms in total. The van der Waals surface area contributed by atoms with Gasteiger partial charge in [0.2, 0.25) is 0 Å². The van der Waals surface area contributed by atoms with Gasteiger partial charge in [0.15, 0.2) is 4.77 Å². The molecular weight excluding hydrogens is 174 g/mol. The van der Waals surface area contributed by atoms with E-state index in [9.17, 15) is 4.79 Å². The van der Waals surface area contributed by atoms with Crippen LogP contribution in [0.15, 0.2) is 10.9 Å². The third-order valence-electron chi connectivity index (χ3n) is 2.06. The predicted octanol–water partition coefficient (Wildman–Crippen LogP) is -0.0230. The van der Waals surface area contributed by atoms with Gasteiger partial charge < -0.3 is 4.57 Å². The first-order valence-electron chi connectivity index (χ1n) is 3.70. The lowest BCUT2D eigenvalue weighted by Gasteiger charge is -2.04. The molecule has 1 N–H and O–H groups in total. The van der Waals surface area contributed by atoms with E-state index in [0.29, 0.717) is 11.4 Å². The SMILES string of the molecule is Cn1c(=O)cc2n(c1=S)CNC2. The molecule has 1 aromatic heterocycles. The van der Waals surface area contributed by atoms with Gasteiger partial charge in [-0.15, -0.1) is 0 Å². The van der Waals surface area contributed by atoms with Crippen LogP contribution in [0, 0.1) is 4.77 Å². The van der Waals surface area contributed by atoms with Gasteiger partial charge in [0.05, 0.1) is 6.67 Å². The number of hydrogen-bond donors (Lipinski definition) is 1. The van der Waals surface area contributed by atoms with Gasteiger partial charge in [-0.1, -0.05) is 0 Å². The lowest BCUT2D eigenvalue weighted by molar-refractivity contribution is 0.617. The summed E-state index contributed by atoms with van der Waals surface area (Å²) in [5.41, 5.74) is 0.943. The Morgan fingerprint density at radius 3 is 3.17 bits per heavy atom. The molecule has 0 atom stereocenters. The summed E-state index contributed by atoms with van der Waals surface area (Å²) < 4.78 is 3.99. The Morgan fingerprint density at radius 2 is 2.42 bits per heavy atom. The van der Waals surface area contributed by atoms with Crippen LogP contribution in [-0.2, 0) is 20.3 Å². The Morgan fingerprint density at radius 1 is 1.67 bits per heavy atom. The van der Waals surface area contributed by atoms with Crippen LogP contribution in [0.4, 0.5) is 0 Å². The van der Waals surface area contributed by atoms with E-state index in [4.69, 9.17) is 12.2 Å². The molecule has 0 aromatic carbocycles. The van der Waals surface area contributed by atoms with Crippen LogP contribution >= 0.6 is 12.2 Å². The van der Waals surface area contributed by atoms with Crippen molar-refractivity contribution in [1.29, 1.82) is 0 Å². The van der Waals surface area contributed by atoms with Crippen molar-refractivity contribution in [3.63, 3.8) is 0 Å². The van der Waals surface area contributed by atoms with Crippen LogP contribution in [0.5, 0.6) is 0 Å². The number of aromatic nitrogens is 2. The van der Waals surface area contributed by atoms with Gasteiger partial charge >= 0.3 is 0 Å². The molecular formula is C7H9N3OS. The molecule has 64 valence electrons. The van der Waals surface area contributed by atoms with Gasteiger partial charge in [0.25, 0.3) is 5.56 Å². The van der Waals surface area contributed by atoms with Crippen molar-refractivity contribution in [2.24, 2.45) is 7.05 Å². The molecule has 0 bridgehead atoms. The maximum absolute atomic E-state index is 11.3. The van der Waals surface area contributed by atoms with Gasteiger partial charge in [0, 0.05) is 25.4 Å². The smallest absolute Gasteiger partial charge is 0.254 e. The van der Waals surface area contributed by atoms with Crippen molar-refractivity contribution >= 4 is 12.2 Å². The molecule has 2 rings (SSSR count). The zero-order valence-electron chi connectivity index (χ0n) is 6.70. The molecule has 0 saturated heterocycles. The molecule has 0 fully saturated rings. The molecule has 2 heterocycles. The largest absolute Gasteiger partial charge is 0.308 e. The summed E-state index contributed by atoms with van der Waals surface area (Å²) in [4.78, 5) is 11.3. The monoisotopic (exact) mass is 183 g/mol. The summed E-state index contributed by atoms with van der Waals surface area (Å²) in [6, 6.07) is 1.62. The average Bonchev–Trinajstić information content (AvgIpc) is 2.48. The fourth-order valence-electron chi connectivity index (χ4n) is 1.33. The highest BCUT2D eigenvalue weighted by Crippen LogP contribution is 2.03. The first-order valence-corrected chi connectivity index (χ1v) is 4.11. The molecule has 12 heavy (non-hydrogen) atoms. The van der Waals surface area contributed by atoms with E-state index in [1.807, 2.05) is 4.57 Å². The molecule has 1 aliphatic rings. The standard InChI is InChI=1S/C7H9N3OS/c1-9-6(11)2-5-3-8-4-10(5)7(9)12/h2,8H,3-4H2,1H3. The molecule has 0 unspecified atom stereocenters. The number of nitrogens with one attached hydrogen (secondary N) is 1. The van der Waals surface area contributed by atoms with E-state index < -0.39 is 0 Å². The minimum absolute atomic E-state index is 0.0325. The van der Waals surface area contributed by atoms with E-state index in [-0.39, 0.29) is 5.56 Å². The van der Waals surface area contributed by atoms with Gasteiger partial charge in [-0.2, -0.15) is 0 Å². The molecule has 0 saturated carbocycles. The Hall–Kier alpha value is -0.940. The third-order valence-corrected chi connectivity index (χ3v) is 2.56. The van der Waals surface area contributed by atoms with Crippen molar-refractivity contribution in [2.45, 2.75) is 13.2 Å². The van der Waals surface area contributed by atoms with Crippen molar-refractivity contribution in [1.82, 2.24) is 14.5 Å². The summed E-state index contributed by atoms with van der Waals surface area (Å²) >= 11 is 5.09. The zero-order chi connectivity index (χ0) is 8.72. The van der Waals surface area contributed by atoms with Crippen LogP contribution in [0.1, 0.15) is 5.69 Å². The zero-order valence-corrected chi connectivity index (χ0v) is 7.52. The summed E-state index contributed by atoms with van der Waals surface area (Å²) in [7, 11) is 1.69. The Kier molecular flexibility index (Phi) is 1.62. The molecule has 0 radical (unpaired) electrons. The van der Waals surface area contributed by atoms with E-state index in [1.54, 1.807) is 13.1 Å². The lowest BCUT2D eigenvalue weighted by atomic mass is 10.4. The third kappa shape index (κ3) is 0.937. The molecule has 0 spiro atoms. The normalized spacial score (nSPS) is 14.8. The predicted molar refractivity (Wildman–Crippen MR) is 47.3 cm³/mol. The fourth-order valence-corrected chi connectivity index (χ4v) is 1.60. The molecule has 0 aliphatic carbocycles. The van der Waals surface area contributed by atoms with Gasteiger partial charge in [0.1, 0.15) is 0 Å². The second kappa shape index (κ2) is 2.53. The Bertz CT molecular complexity index is 431. The minimum atomic E-state index is -0.0325. The number of fused-ring (bicyclic) bond motifs is 1. The van der Waals surface area contributed by atoms with E-state index in [2.05, 4.69) is 5.32 Å².